The number of carbonyl (C=O) groups is 1. The van der Waals surface area contributed by atoms with E-state index in [9.17, 15) is 4.79 Å². The van der Waals surface area contributed by atoms with Gasteiger partial charge in [-0.25, -0.2) is 4.98 Å². The maximum atomic E-state index is 10.9. The van der Waals surface area contributed by atoms with Crippen molar-refractivity contribution in [1.82, 2.24) is 9.55 Å². The van der Waals surface area contributed by atoms with Crippen LogP contribution in [-0.2, 0) is 4.79 Å². The van der Waals surface area contributed by atoms with Gasteiger partial charge in [-0.05, 0) is 35.3 Å². The molecule has 0 unspecified atom stereocenters. The molecular formula is C15H16N2O. The number of allylic oxidation sites excluding steroid dienone is 1. The number of aldehydes is 1. The first-order chi connectivity index (χ1) is 8.70. The Morgan fingerprint density at radius 1 is 1.28 bits per heavy atom. The van der Waals surface area contributed by atoms with Gasteiger partial charge < -0.3 is 4.57 Å². The second kappa shape index (κ2) is 5.45. The summed E-state index contributed by atoms with van der Waals surface area (Å²) in [6.07, 6.45) is 8.26. The molecule has 0 bridgehead atoms. The van der Waals surface area contributed by atoms with Crippen molar-refractivity contribution in [3.63, 3.8) is 0 Å². The second-order valence-corrected chi connectivity index (χ2v) is 4.48. The van der Waals surface area contributed by atoms with Crippen LogP contribution in [0.5, 0.6) is 0 Å². The number of hydrogen-bond acceptors (Lipinski definition) is 2. The average molecular weight is 240 g/mol. The molecule has 2 aromatic rings. The van der Waals surface area contributed by atoms with Crippen molar-refractivity contribution in [3.05, 3.63) is 54.1 Å². The molecule has 0 radical (unpaired) electrons. The average Bonchev–Trinajstić information content (AvgIpc) is 2.90. The minimum atomic E-state index is 0.246. The van der Waals surface area contributed by atoms with Crippen molar-refractivity contribution >= 4 is 12.4 Å². The van der Waals surface area contributed by atoms with E-state index in [-0.39, 0.29) is 5.92 Å². The molecule has 0 aliphatic heterocycles. The van der Waals surface area contributed by atoms with Crippen LogP contribution in [-0.4, -0.2) is 15.8 Å². The zero-order valence-electron chi connectivity index (χ0n) is 10.6. The van der Waals surface area contributed by atoms with E-state index in [0.29, 0.717) is 0 Å². The molecule has 18 heavy (non-hydrogen) atoms. The molecule has 1 heterocycles. The lowest BCUT2D eigenvalue weighted by Crippen LogP contribution is -1.95. The van der Waals surface area contributed by atoms with E-state index in [1.165, 1.54) is 0 Å². The molecule has 92 valence electrons. The normalized spacial score (nSPS) is 11.8. The van der Waals surface area contributed by atoms with Crippen LogP contribution in [0.3, 0.4) is 0 Å². The first-order valence-electron chi connectivity index (χ1n) is 5.96. The summed E-state index contributed by atoms with van der Waals surface area (Å²) in [6.45, 7) is 4.03. The van der Waals surface area contributed by atoms with Crippen LogP contribution in [0.25, 0.3) is 11.8 Å². The van der Waals surface area contributed by atoms with Crippen LogP contribution >= 0.6 is 0 Å². The SMILES string of the molecule is CC(C)C(C=O)=Cc1ccc(-n2ccnc2)cc1. The van der Waals surface area contributed by atoms with Gasteiger partial charge in [0.15, 0.2) is 0 Å². The quantitative estimate of drug-likeness (QED) is 0.608. The lowest BCUT2D eigenvalue weighted by molar-refractivity contribution is -0.105. The van der Waals surface area contributed by atoms with E-state index in [1.54, 1.807) is 12.5 Å². The zero-order chi connectivity index (χ0) is 13.0. The standard InChI is InChI=1S/C15H16N2O/c1-12(2)14(10-18)9-13-3-5-15(6-4-13)17-8-7-16-11-17/h3-12H,1-2H3. The van der Waals surface area contributed by atoms with Gasteiger partial charge in [-0.1, -0.05) is 26.0 Å². The Balaban J connectivity index is 2.25. The molecule has 0 fully saturated rings. The van der Waals surface area contributed by atoms with Gasteiger partial charge in [0.1, 0.15) is 6.29 Å². The number of carbonyl (C=O) groups excluding carboxylic acids is 1. The molecule has 1 aromatic carbocycles. The van der Waals surface area contributed by atoms with E-state index >= 15 is 0 Å². The van der Waals surface area contributed by atoms with Crippen molar-refractivity contribution in [2.75, 3.05) is 0 Å². The Morgan fingerprint density at radius 3 is 2.50 bits per heavy atom. The summed E-state index contributed by atoms with van der Waals surface area (Å²) in [6, 6.07) is 8.02. The van der Waals surface area contributed by atoms with Gasteiger partial charge in [0, 0.05) is 18.1 Å². The Labute approximate surface area is 107 Å². The van der Waals surface area contributed by atoms with Gasteiger partial charge in [-0.3, -0.25) is 4.79 Å². The van der Waals surface area contributed by atoms with Crippen LogP contribution < -0.4 is 0 Å². The third-order valence-electron chi connectivity index (χ3n) is 2.83. The number of aromatic nitrogens is 2. The van der Waals surface area contributed by atoms with Crippen molar-refractivity contribution in [2.45, 2.75) is 13.8 Å². The molecule has 0 amide bonds. The molecule has 0 aliphatic carbocycles. The van der Waals surface area contributed by atoms with Gasteiger partial charge in [0.05, 0.1) is 6.33 Å². The highest BCUT2D eigenvalue weighted by Crippen LogP contribution is 2.15. The molecule has 1 aromatic heterocycles. The summed E-state index contributed by atoms with van der Waals surface area (Å²) < 4.78 is 1.94. The van der Waals surface area contributed by atoms with Crippen LogP contribution in [0.4, 0.5) is 0 Å². The van der Waals surface area contributed by atoms with Gasteiger partial charge >= 0.3 is 0 Å². The van der Waals surface area contributed by atoms with E-state index in [2.05, 4.69) is 4.98 Å². The molecule has 0 saturated carbocycles. The van der Waals surface area contributed by atoms with Crippen molar-refractivity contribution in [1.29, 1.82) is 0 Å². The summed E-state index contributed by atoms with van der Waals surface area (Å²) in [5, 5.41) is 0. The van der Waals surface area contributed by atoms with E-state index in [4.69, 9.17) is 0 Å². The smallest absolute Gasteiger partial charge is 0.146 e. The van der Waals surface area contributed by atoms with Crippen LogP contribution in [0.1, 0.15) is 19.4 Å². The summed E-state index contributed by atoms with van der Waals surface area (Å²) >= 11 is 0. The number of rotatable bonds is 4. The highest BCUT2D eigenvalue weighted by molar-refractivity contribution is 5.82. The third-order valence-corrected chi connectivity index (χ3v) is 2.83. The topological polar surface area (TPSA) is 34.9 Å². The van der Waals surface area contributed by atoms with Crippen LogP contribution in [0.15, 0.2) is 48.6 Å². The first-order valence-corrected chi connectivity index (χ1v) is 5.96. The summed E-state index contributed by atoms with van der Waals surface area (Å²) in [5.74, 6) is 0.246. The Kier molecular flexibility index (Phi) is 3.72. The van der Waals surface area contributed by atoms with Crippen molar-refractivity contribution < 1.29 is 4.79 Å². The molecule has 2 rings (SSSR count). The number of nitrogens with zero attached hydrogens (tertiary/aromatic N) is 2. The highest BCUT2D eigenvalue weighted by atomic mass is 16.1. The molecule has 0 saturated heterocycles. The summed E-state index contributed by atoms with van der Waals surface area (Å²) in [7, 11) is 0. The predicted octanol–water partition coefficient (Wildman–Crippen LogP) is 3.11. The molecule has 0 atom stereocenters. The van der Waals surface area contributed by atoms with Gasteiger partial charge in [-0.2, -0.15) is 0 Å². The fraction of sp³-hybridized carbons (Fsp3) is 0.200. The number of imidazole rings is 1. The maximum Gasteiger partial charge on any atom is 0.146 e. The Bertz CT molecular complexity index is 536. The molecule has 0 spiro atoms. The van der Waals surface area contributed by atoms with Gasteiger partial charge in [0.2, 0.25) is 0 Å². The fourth-order valence-electron chi connectivity index (χ4n) is 1.68. The van der Waals surface area contributed by atoms with Crippen LogP contribution in [0.2, 0.25) is 0 Å². The number of benzene rings is 1. The lowest BCUT2D eigenvalue weighted by atomic mass is 10.0. The van der Waals surface area contributed by atoms with E-state index in [1.807, 2.05) is 55.0 Å². The molecule has 3 heteroatoms. The van der Waals surface area contributed by atoms with Gasteiger partial charge in [0.25, 0.3) is 0 Å². The van der Waals surface area contributed by atoms with Crippen molar-refractivity contribution in [3.8, 4) is 5.69 Å². The molecule has 0 N–H and O–H groups in total. The van der Waals surface area contributed by atoms with Gasteiger partial charge in [-0.15, -0.1) is 0 Å². The summed E-state index contributed by atoms with van der Waals surface area (Å²) in [5.41, 5.74) is 2.90. The highest BCUT2D eigenvalue weighted by Gasteiger charge is 2.02. The predicted molar refractivity (Wildman–Crippen MR) is 72.4 cm³/mol. The third kappa shape index (κ3) is 2.74. The second-order valence-electron chi connectivity index (χ2n) is 4.48. The van der Waals surface area contributed by atoms with Crippen molar-refractivity contribution in [2.24, 2.45) is 5.92 Å². The maximum absolute atomic E-state index is 10.9. The minimum absolute atomic E-state index is 0.246. The Hall–Kier alpha value is -2.16. The largest absolute Gasteiger partial charge is 0.306 e. The van der Waals surface area contributed by atoms with Crippen LogP contribution in [0, 0.1) is 5.92 Å². The number of hydrogen-bond donors (Lipinski definition) is 0. The first kappa shape index (κ1) is 12.3. The minimum Gasteiger partial charge on any atom is -0.306 e. The molecular weight excluding hydrogens is 224 g/mol. The monoisotopic (exact) mass is 240 g/mol. The Morgan fingerprint density at radius 2 is 2.00 bits per heavy atom. The fourth-order valence-corrected chi connectivity index (χ4v) is 1.68. The van der Waals surface area contributed by atoms with E-state index < -0.39 is 0 Å². The molecule has 3 nitrogen and oxygen atoms in total. The lowest BCUT2D eigenvalue weighted by Gasteiger charge is -2.05. The summed E-state index contributed by atoms with van der Waals surface area (Å²) in [4.78, 5) is 14.9. The molecule has 0 aliphatic rings. The zero-order valence-corrected chi connectivity index (χ0v) is 10.6. The van der Waals surface area contributed by atoms with E-state index in [0.717, 1.165) is 23.1 Å².